The minimum Gasteiger partial charge on any atom is -0.317 e. The molecule has 19 heavy (non-hydrogen) atoms. The van der Waals surface area contributed by atoms with Crippen molar-refractivity contribution in [2.24, 2.45) is 11.8 Å². The predicted octanol–water partition coefficient (Wildman–Crippen LogP) is 3.92. The lowest BCUT2D eigenvalue weighted by molar-refractivity contribution is 0.227. The van der Waals surface area contributed by atoms with E-state index in [0.717, 1.165) is 19.5 Å². The number of halogens is 2. The fourth-order valence-electron chi connectivity index (χ4n) is 3.14. The summed E-state index contributed by atoms with van der Waals surface area (Å²) in [5.74, 6) is -0.313. The zero-order valence-corrected chi connectivity index (χ0v) is 11.6. The summed E-state index contributed by atoms with van der Waals surface area (Å²) in [6.45, 7) is 4.07. The molecule has 1 nitrogen and oxygen atoms in total. The molecule has 2 rings (SSSR count). The van der Waals surface area contributed by atoms with Gasteiger partial charge in [-0.2, -0.15) is 0 Å². The van der Waals surface area contributed by atoms with Crippen LogP contribution in [-0.4, -0.2) is 13.1 Å². The lowest BCUT2D eigenvalue weighted by Gasteiger charge is -2.32. The molecule has 1 aliphatic carbocycles. The van der Waals surface area contributed by atoms with E-state index in [1.165, 1.54) is 25.3 Å². The highest BCUT2D eigenvalue weighted by Gasteiger charge is 2.26. The topological polar surface area (TPSA) is 12.0 Å². The molecule has 0 spiro atoms. The van der Waals surface area contributed by atoms with Gasteiger partial charge >= 0.3 is 0 Å². The molecular formula is C16H23F2N. The fourth-order valence-corrected chi connectivity index (χ4v) is 3.14. The van der Waals surface area contributed by atoms with Crippen LogP contribution in [0, 0.1) is 23.5 Å². The molecule has 106 valence electrons. The van der Waals surface area contributed by atoms with E-state index >= 15 is 0 Å². The van der Waals surface area contributed by atoms with Crippen molar-refractivity contribution >= 4 is 0 Å². The predicted molar refractivity (Wildman–Crippen MR) is 74.1 cm³/mol. The average molecular weight is 267 g/mol. The van der Waals surface area contributed by atoms with E-state index in [1.807, 2.05) is 0 Å². The minimum absolute atomic E-state index is 0.476. The highest BCUT2D eigenvalue weighted by molar-refractivity contribution is 5.19. The van der Waals surface area contributed by atoms with Crippen LogP contribution >= 0.6 is 0 Å². The molecule has 0 amide bonds. The molecule has 1 aromatic rings. The highest BCUT2D eigenvalue weighted by Crippen LogP contribution is 2.33. The van der Waals surface area contributed by atoms with Gasteiger partial charge in [-0.3, -0.25) is 0 Å². The maximum atomic E-state index is 13.7. The molecule has 0 saturated heterocycles. The van der Waals surface area contributed by atoms with Crippen LogP contribution in [0.4, 0.5) is 8.78 Å². The summed E-state index contributed by atoms with van der Waals surface area (Å²) in [4.78, 5) is 0. The van der Waals surface area contributed by atoms with Crippen molar-refractivity contribution in [1.82, 2.24) is 5.32 Å². The zero-order chi connectivity index (χ0) is 13.7. The molecule has 1 fully saturated rings. The summed E-state index contributed by atoms with van der Waals surface area (Å²) >= 11 is 0. The second kappa shape index (κ2) is 6.99. The van der Waals surface area contributed by atoms with Crippen molar-refractivity contribution in [1.29, 1.82) is 0 Å². The van der Waals surface area contributed by atoms with E-state index < -0.39 is 11.6 Å². The van der Waals surface area contributed by atoms with Crippen molar-refractivity contribution in [2.45, 2.75) is 39.0 Å². The SMILES string of the molecule is CCNCC1CCCCC1Cc1cccc(F)c1F. The third kappa shape index (κ3) is 3.75. The Labute approximate surface area is 114 Å². The second-order valence-electron chi connectivity index (χ2n) is 5.53. The van der Waals surface area contributed by atoms with Crippen LogP contribution in [0.25, 0.3) is 0 Å². The third-order valence-corrected chi connectivity index (χ3v) is 4.24. The Hall–Kier alpha value is -0.960. The van der Waals surface area contributed by atoms with Crippen molar-refractivity contribution in [3.63, 3.8) is 0 Å². The van der Waals surface area contributed by atoms with Crippen LogP contribution in [0.3, 0.4) is 0 Å². The van der Waals surface area contributed by atoms with Crippen LogP contribution < -0.4 is 5.32 Å². The van der Waals surface area contributed by atoms with Gasteiger partial charge < -0.3 is 5.32 Å². The van der Waals surface area contributed by atoms with E-state index in [4.69, 9.17) is 0 Å². The third-order valence-electron chi connectivity index (χ3n) is 4.24. The standard InChI is InChI=1S/C16H23F2N/c1-2-19-11-14-7-4-3-6-12(14)10-13-8-5-9-15(17)16(13)18/h5,8-9,12,14,19H,2-4,6-7,10-11H2,1H3. The molecule has 1 aliphatic rings. The second-order valence-corrected chi connectivity index (χ2v) is 5.53. The molecule has 1 N–H and O–H groups in total. The van der Waals surface area contributed by atoms with Crippen molar-refractivity contribution in [3.8, 4) is 0 Å². The molecule has 0 aliphatic heterocycles. The first-order valence-electron chi connectivity index (χ1n) is 7.36. The van der Waals surface area contributed by atoms with Gasteiger partial charge in [0.05, 0.1) is 0 Å². The quantitative estimate of drug-likeness (QED) is 0.852. The molecule has 0 radical (unpaired) electrons. The first-order chi connectivity index (χ1) is 9.22. The molecule has 0 bridgehead atoms. The summed E-state index contributed by atoms with van der Waals surface area (Å²) in [6.07, 6.45) is 5.47. The van der Waals surface area contributed by atoms with Crippen LogP contribution in [0.5, 0.6) is 0 Å². The Morgan fingerprint density at radius 1 is 1.16 bits per heavy atom. The largest absolute Gasteiger partial charge is 0.317 e. The van der Waals surface area contributed by atoms with Gasteiger partial charge in [0.25, 0.3) is 0 Å². The van der Waals surface area contributed by atoms with E-state index in [0.29, 0.717) is 23.8 Å². The lowest BCUT2D eigenvalue weighted by atomic mass is 9.76. The van der Waals surface area contributed by atoms with Gasteiger partial charge in [-0.25, -0.2) is 8.78 Å². The van der Waals surface area contributed by atoms with Gasteiger partial charge in [-0.1, -0.05) is 31.9 Å². The zero-order valence-electron chi connectivity index (χ0n) is 11.6. The van der Waals surface area contributed by atoms with E-state index in [1.54, 1.807) is 12.1 Å². The van der Waals surface area contributed by atoms with Crippen LogP contribution in [-0.2, 0) is 6.42 Å². The Bertz CT molecular complexity index is 406. The lowest BCUT2D eigenvalue weighted by Crippen LogP contribution is -2.31. The normalized spacial score (nSPS) is 23.5. The number of nitrogens with one attached hydrogen (secondary N) is 1. The maximum absolute atomic E-state index is 13.7. The Kier molecular flexibility index (Phi) is 5.32. The summed E-state index contributed by atoms with van der Waals surface area (Å²) in [5.41, 5.74) is 0.536. The molecule has 0 heterocycles. The van der Waals surface area contributed by atoms with Gasteiger partial charge in [0, 0.05) is 0 Å². The number of benzene rings is 1. The highest BCUT2D eigenvalue weighted by atomic mass is 19.2. The maximum Gasteiger partial charge on any atom is 0.162 e. The van der Waals surface area contributed by atoms with Gasteiger partial charge in [0.15, 0.2) is 11.6 Å². The Morgan fingerprint density at radius 2 is 1.89 bits per heavy atom. The van der Waals surface area contributed by atoms with Gasteiger partial charge in [0.2, 0.25) is 0 Å². The summed E-state index contributed by atoms with van der Waals surface area (Å²) in [7, 11) is 0. The van der Waals surface area contributed by atoms with Crippen molar-refractivity contribution in [2.75, 3.05) is 13.1 Å². The Balaban J connectivity index is 2.04. The molecule has 3 heteroatoms. The Morgan fingerprint density at radius 3 is 2.63 bits per heavy atom. The monoisotopic (exact) mass is 267 g/mol. The minimum atomic E-state index is -0.725. The van der Waals surface area contributed by atoms with Crippen LogP contribution in [0.15, 0.2) is 18.2 Å². The van der Waals surface area contributed by atoms with Gasteiger partial charge in [-0.15, -0.1) is 0 Å². The van der Waals surface area contributed by atoms with Crippen molar-refractivity contribution < 1.29 is 8.78 Å². The van der Waals surface area contributed by atoms with E-state index in [-0.39, 0.29) is 0 Å². The number of hydrogen-bond acceptors (Lipinski definition) is 1. The summed E-state index contributed by atoms with van der Waals surface area (Å²) in [5, 5.41) is 3.39. The number of hydrogen-bond donors (Lipinski definition) is 1. The smallest absolute Gasteiger partial charge is 0.162 e. The van der Waals surface area contributed by atoms with E-state index in [2.05, 4.69) is 12.2 Å². The molecule has 2 unspecified atom stereocenters. The van der Waals surface area contributed by atoms with Gasteiger partial charge in [0.1, 0.15) is 0 Å². The van der Waals surface area contributed by atoms with Crippen LogP contribution in [0.2, 0.25) is 0 Å². The molecular weight excluding hydrogens is 244 g/mol. The van der Waals surface area contributed by atoms with Gasteiger partial charge in [-0.05, 0) is 55.8 Å². The average Bonchev–Trinajstić information content (AvgIpc) is 2.43. The van der Waals surface area contributed by atoms with Crippen LogP contribution in [0.1, 0.15) is 38.2 Å². The molecule has 1 saturated carbocycles. The molecule has 0 aromatic heterocycles. The molecule has 2 atom stereocenters. The van der Waals surface area contributed by atoms with Crippen molar-refractivity contribution in [3.05, 3.63) is 35.4 Å². The summed E-state index contributed by atoms with van der Waals surface area (Å²) in [6, 6.07) is 4.52. The summed E-state index contributed by atoms with van der Waals surface area (Å²) < 4.78 is 27.0. The number of rotatable bonds is 5. The first kappa shape index (κ1) is 14.4. The molecule has 1 aromatic carbocycles. The first-order valence-corrected chi connectivity index (χ1v) is 7.36. The fraction of sp³-hybridized carbons (Fsp3) is 0.625. The van der Waals surface area contributed by atoms with E-state index in [9.17, 15) is 8.78 Å².